The Morgan fingerprint density at radius 2 is 2.24 bits per heavy atom. The molecule has 7 heteroatoms. The number of carbonyl (C=O) groups excluding carboxylic acids is 1. The second kappa shape index (κ2) is 4.29. The van der Waals surface area contributed by atoms with E-state index in [1.54, 1.807) is 0 Å². The highest BCUT2D eigenvalue weighted by molar-refractivity contribution is 6.24. The first-order valence-electron chi connectivity index (χ1n) is 4.87. The lowest BCUT2D eigenvalue weighted by Crippen LogP contribution is -2.25. The van der Waals surface area contributed by atoms with Crippen LogP contribution in [0.2, 0.25) is 0 Å². The first-order chi connectivity index (χ1) is 7.99. The molecule has 0 aliphatic carbocycles. The largest absolute Gasteiger partial charge is 0.305 e. The summed E-state index contributed by atoms with van der Waals surface area (Å²) in [5.41, 5.74) is -0.339. The van der Waals surface area contributed by atoms with Gasteiger partial charge in [0, 0.05) is 25.1 Å². The van der Waals surface area contributed by atoms with Gasteiger partial charge in [-0.25, -0.2) is 4.39 Å². The number of nitrogens with zero attached hydrogens (tertiary/aromatic N) is 2. The molecule has 0 N–H and O–H groups in total. The Morgan fingerprint density at radius 3 is 2.76 bits per heavy atom. The molecule has 2 rings (SSSR count). The fourth-order valence-corrected chi connectivity index (χ4v) is 2.03. The minimum absolute atomic E-state index is 0.0387. The van der Waals surface area contributed by atoms with E-state index in [2.05, 4.69) is 0 Å². The van der Waals surface area contributed by atoms with E-state index >= 15 is 0 Å². The molecule has 1 unspecified atom stereocenters. The molecule has 1 heterocycles. The molecule has 0 saturated carbocycles. The Bertz CT molecular complexity index is 494. The van der Waals surface area contributed by atoms with Crippen LogP contribution in [0.4, 0.5) is 15.8 Å². The summed E-state index contributed by atoms with van der Waals surface area (Å²) in [5, 5.41) is 10.4. The zero-order chi connectivity index (χ0) is 12.6. The highest BCUT2D eigenvalue weighted by Crippen LogP contribution is 2.32. The van der Waals surface area contributed by atoms with Gasteiger partial charge in [-0.15, -0.1) is 11.6 Å². The molecule has 0 bridgehead atoms. The van der Waals surface area contributed by atoms with Crippen LogP contribution in [-0.4, -0.2) is 22.8 Å². The molecule has 0 aromatic heterocycles. The predicted octanol–water partition coefficient (Wildman–Crippen LogP) is 2.08. The molecule has 1 aromatic carbocycles. The average molecular weight is 259 g/mol. The predicted molar refractivity (Wildman–Crippen MR) is 59.7 cm³/mol. The van der Waals surface area contributed by atoms with Crippen molar-refractivity contribution in [3.63, 3.8) is 0 Å². The van der Waals surface area contributed by atoms with Crippen LogP contribution in [0.3, 0.4) is 0 Å². The molecule has 1 amide bonds. The molecular formula is C10H8ClFN2O3. The van der Waals surface area contributed by atoms with Crippen LogP contribution in [0.15, 0.2) is 18.2 Å². The average Bonchev–Trinajstić information content (AvgIpc) is 2.57. The third kappa shape index (κ3) is 2.21. The zero-order valence-electron chi connectivity index (χ0n) is 8.60. The fraction of sp³-hybridized carbons (Fsp3) is 0.300. The van der Waals surface area contributed by atoms with Crippen molar-refractivity contribution in [3.05, 3.63) is 34.1 Å². The van der Waals surface area contributed by atoms with E-state index in [-0.39, 0.29) is 30.2 Å². The van der Waals surface area contributed by atoms with E-state index in [9.17, 15) is 19.3 Å². The van der Waals surface area contributed by atoms with Gasteiger partial charge in [0.25, 0.3) is 5.69 Å². The fourth-order valence-electron chi connectivity index (χ4n) is 1.76. The van der Waals surface area contributed by atoms with Crippen molar-refractivity contribution in [3.8, 4) is 0 Å². The zero-order valence-corrected chi connectivity index (χ0v) is 9.35. The second-order valence-corrected chi connectivity index (χ2v) is 4.31. The summed E-state index contributed by atoms with van der Waals surface area (Å²) in [6, 6.07) is 3.00. The van der Waals surface area contributed by atoms with E-state index in [4.69, 9.17) is 11.6 Å². The Morgan fingerprint density at radius 1 is 1.53 bits per heavy atom. The van der Waals surface area contributed by atoms with E-state index < -0.39 is 16.1 Å². The number of alkyl halides is 1. The maximum Gasteiger partial charge on any atom is 0.293 e. The number of amides is 1. The second-order valence-electron chi connectivity index (χ2n) is 3.70. The number of anilines is 1. The molecule has 1 aromatic rings. The van der Waals surface area contributed by atoms with Gasteiger partial charge < -0.3 is 4.90 Å². The van der Waals surface area contributed by atoms with Gasteiger partial charge in [-0.05, 0) is 6.07 Å². The first kappa shape index (κ1) is 11.8. The van der Waals surface area contributed by atoms with Crippen molar-refractivity contribution in [2.75, 3.05) is 11.4 Å². The molecule has 0 radical (unpaired) electrons. The van der Waals surface area contributed by atoms with Gasteiger partial charge in [-0.2, -0.15) is 0 Å². The highest BCUT2D eigenvalue weighted by atomic mass is 35.5. The lowest BCUT2D eigenvalue weighted by atomic mass is 10.2. The lowest BCUT2D eigenvalue weighted by Gasteiger charge is -2.15. The summed E-state index contributed by atoms with van der Waals surface area (Å²) in [5.74, 6) is -0.963. The third-order valence-corrected chi connectivity index (χ3v) is 2.80. The number of benzene rings is 1. The van der Waals surface area contributed by atoms with Crippen LogP contribution in [0.25, 0.3) is 0 Å². The normalized spacial score (nSPS) is 19.8. The summed E-state index contributed by atoms with van der Waals surface area (Å²) < 4.78 is 13.1. The Kier molecular flexibility index (Phi) is 2.97. The molecule has 0 spiro atoms. The minimum atomic E-state index is -0.649. The molecule has 90 valence electrons. The first-order valence-corrected chi connectivity index (χ1v) is 5.31. The van der Waals surface area contributed by atoms with Gasteiger partial charge in [-0.1, -0.05) is 0 Å². The topological polar surface area (TPSA) is 63.5 Å². The van der Waals surface area contributed by atoms with Gasteiger partial charge in [0.1, 0.15) is 11.5 Å². The number of nitro benzene ring substituents is 1. The van der Waals surface area contributed by atoms with E-state index in [0.29, 0.717) is 0 Å². The Labute approximate surface area is 101 Å². The van der Waals surface area contributed by atoms with E-state index in [1.807, 2.05) is 0 Å². The van der Waals surface area contributed by atoms with E-state index in [1.165, 1.54) is 0 Å². The van der Waals surface area contributed by atoms with Gasteiger partial charge >= 0.3 is 0 Å². The van der Waals surface area contributed by atoms with Crippen molar-refractivity contribution in [1.29, 1.82) is 0 Å². The van der Waals surface area contributed by atoms with Crippen LogP contribution in [-0.2, 0) is 4.79 Å². The number of carbonyl (C=O) groups is 1. The van der Waals surface area contributed by atoms with Crippen molar-refractivity contribution in [2.45, 2.75) is 11.8 Å². The highest BCUT2D eigenvalue weighted by Gasteiger charge is 2.33. The third-order valence-electron chi connectivity index (χ3n) is 2.50. The van der Waals surface area contributed by atoms with Gasteiger partial charge in [0.15, 0.2) is 0 Å². The van der Waals surface area contributed by atoms with Crippen molar-refractivity contribution in [2.24, 2.45) is 0 Å². The number of halogens is 2. The Balaban J connectivity index is 2.46. The summed E-state index contributed by atoms with van der Waals surface area (Å²) in [7, 11) is 0. The van der Waals surface area contributed by atoms with Crippen molar-refractivity contribution < 1.29 is 14.1 Å². The monoisotopic (exact) mass is 258 g/mol. The van der Waals surface area contributed by atoms with Crippen LogP contribution in [0, 0.1) is 15.9 Å². The van der Waals surface area contributed by atoms with Gasteiger partial charge in [0.05, 0.1) is 10.3 Å². The molecule has 17 heavy (non-hydrogen) atoms. The summed E-state index contributed by atoms with van der Waals surface area (Å²) in [6.45, 7) is 0.157. The standard InChI is InChI=1S/C10H8ClFN2O3/c11-6-3-10(15)13(5-6)9-4-7(12)1-2-8(9)14(16)17/h1-2,4,6H,3,5H2. The van der Waals surface area contributed by atoms with Crippen LogP contribution < -0.4 is 4.90 Å². The molecule has 5 nitrogen and oxygen atoms in total. The molecule has 1 fully saturated rings. The van der Waals surface area contributed by atoms with Crippen molar-refractivity contribution in [1.82, 2.24) is 0 Å². The van der Waals surface area contributed by atoms with Crippen LogP contribution in [0.5, 0.6) is 0 Å². The number of rotatable bonds is 2. The van der Waals surface area contributed by atoms with E-state index in [0.717, 1.165) is 23.1 Å². The minimum Gasteiger partial charge on any atom is -0.305 e. The Hall–Kier alpha value is -1.69. The molecule has 1 aliphatic rings. The number of hydrogen-bond donors (Lipinski definition) is 0. The summed E-state index contributed by atoms with van der Waals surface area (Å²) >= 11 is 5.80. The SMILES string of the molecule is O=C1CC(Cl)CN1c1cc(F)ccc1[N+](=O)[O-]. The lowest BCUT2D eigenvalue weighted by molar-refractivity contribution is -0.384. The number of hydrogen-bond acceptors (Lipinski definition) is 3. The molecular weight excluding hydrogens is 251 g/mol. The molecule has 1 aliphatic heterocycles. The van der Waals surface area contributed by atoms with Gasteiger partial charge in [-0.3, -0.25) is 14.9 Å². The van der Waals surface area contributed by atoms with Gasteiger partial charge in [0.2, 0.25) is 5.91 Å². The maximum atomic E-state index is 13.1. The summed E-state index contributed by atoms with van der Waals surface area (Å²) in [4.78, 5) is 22.9. The van der Waals surface area contributed by atoms with Crippen LogP contribution in [0.1, 0.15) is 6.42 Å². The number of nitro groups is 1. The maximum absolute atomic E-state index is 13.1. The summed E-state index contributed by atoms with van der Waals surface area (Å²) in [6.07, 6.45) is 0.106. The quantitative estimate of drug-likeness (QED) is 0.463. The smallest absolute Gasteiger partial charge is 0.293 e. The molecule has 1 atom stereocenters. The van der Waals surface area contributed by atoms with Crippen molar-refractivity contribution >= 4 is 28.9 Å². The van der Waals surface area contributed by atoms with Crippen LogP contribution >= 0.6 is 11.6 Å². The molecule has 1 saturated heterocycles.